The number of rotatable bonds is 4. The maximum absolute atomic E-state index is 13.2. The molecule has 1 unspecified atom stereocenters. The first-order valence-electron chi connectivity index (χ1n) is 9.18. The number of alkyl halides is 3. The van der Waals surface area contributed by atoms with E-state index in [9.17, 15) is 22.8 Å². The van der Waals surface area contributed by atoms with E-state index >= 15 is 0 Å². The second-order valence-corrected chi connectivity index (χ2v) is 9.01. The minimum absolute atomic E-state index is 0.0407. The lowest BCUT2D eigenvalue weighted by atomic mass is 10.2. The average Bonchev–Trinajstić information content (AvgIpc) is 2.71. The molecule has 1 aliphatic rings. The molecular weight excluding hydrogens is 510 g/mol. The fraction of sp³-hybridized carbons (Fsp3) is 0.250. The Balaban J connectivity index is 1.87. The number of carbonyl (C=O) groups excluding carboxylic acids is 2. The number of aliphatic imine (C=N–C) groups is 1. The number of hydrogen-bond acceptors (Lipinski definition) is 4. The molecule has 1 heterocycles. The van der Waals surface area contributed by atoms with Gasteiger partial charge in [-0.2, -0.15) is 13.2 Å². The maximum atomic E-state index is 13.2. The smallest absolute Gasteiger partial charge is 0.325 e. The van der Waals surface area contributed by atoms with Gasteiger partial charge in [0, 0.05) is 18.7 Å². The van der Waals surface area contributed by atoms with Crippen LogP contribution in [-0.4, -0.2) is 33.7 Å². The molecule has 3 rings (SSSR count). The van der Waals surface area contributed by atoms with Crippen LogP contribution >= 0.6 is 46.6 Å². The lowest BCUT2D eigenvalue weighted by molar-refractivity contribution is -0.137. The average molecular weight is 525 g/mol. The molecule has 2 amide bonds. The van der Waals surface area contributed by atoms with E-state index in [1.165, 1.54) is 23.1 Å². The van der Waals surface area contributed by atoms with E-state index in [4.69, 9.17) is 34.8 Å². The second kappa shape index (κ2) is 9.91. The zero-order valence-corrected chi connectivity index (χ0v) is 19.4. The fourth-order valence-corrected chi connectivity index (χ4v) is 4.55. The number of amidine groups is 1. The highest BCUT2D eigenvalue weighted by molar-refractivity contribution is 8.15. The number of halogens is 6. The third kappa shape index (κ3) is 5.70. The number of hydrogen-bond donors (Lipinski definition) is 1. The molecule has 0 radical (unpaired) electrons. The van der Waals surface area contributed by atoms with E-state index < -0.39 is 27.9 Å². The molecule has 1 fully saturated rings. The summed E-state index contributed by atoms with van der Waals surface area (Å²) in [5.74, 6) is -0.846. The Morgan fingerprint density at radius 3 is 2.47 bits per heavy atom. The Labute approximate surface area is 200 Å². The quantitative estimate of drug-likeness (QED) is 0.487. The van der Waals surface area contributed by atoms with Crippen LogP contribution in [0.2, 0.25) is 15.1 Å². The third-order valence-corrected chi connectivity index (χ3v) is 6.67. The number of nitrogens with zero attached hydrogens (tertiary/aromatic N) is 2. The van der Waals surface area contributed by atoms with Crippen molar-refractivity contribution >= 4 is 74.9 Å². The summed E-state index contributed by atoms with van der Waals surface area (Å²) in [5, 5.41) is 2.05. The summed E-state index contributed by atoms with van der Waals surface area (Å²) in [6.07, 6.45) is -4.76. The van der Waals surface area contributed by atoms with Gasteiger partial charge in [0.25, 0.3) is 0 Å². The minimum atomic E-state index is -4.66. The van der Waals surface area contributed by atoms with Gasteiger partial charge in [0.2, 0.25) is 11.8 Å². The van der Waals surface area contributed by atoms with E-state index in [-0.39, 0.29) is 34.8 Å². The van der Waals surface area contributed by atoms with Crippen LogP contribution in [0.3, 0.4) is 0 Å². The zero-order valence-electron chi connectivity index (χ0n) is 16.3. The van der Waals surface area contributed by atoms with Crippen molar-refractivity contribution in [1.82, 2.24) is 4.90 Å². The van der Waals surface area contributed by atoms with Gasteiger partial charge in [-0.15, -0.1) is 0 Å². The van der Waals surface area contributed by atoms with Crippen LogP contribution in [0.15, 0.2) is 41.4 Å². The molecule has 1 atom stereocenters. The van der Waals surface area contributed by atoms with Crippen molar-refractivity contribution in [3.05, 3.63) is 57.0 Å². The van der Waals surface area contributed by atoms with E-state index in [0.717, 1.165) is 23.9 Å². The molecule has 2 aromatic carbocycles. The largest absolute Gasteiger partial charge is 0.417 e. The van der Waals surface area contributed by atoms with Crippen LogP contribution in [0.4, 0.5) is 24.5 Å². The van der Waals surface area contributed by atoms with Gasteiger partial charge in [0.15, 0.2) is 5.17 Å². The normalized spacial score (nSPS) is 18.2. The Morgan fingerprint density at radius 2 is 1.84 bits per heavy atom. The molecule has 5 nitrogen and oxygen atoms in total. The summed E-state index contributed by atoms with van der Waals surface area (Å²) in [6, 6.07) is 7.74. The van der Waals surface area contributed by atoms with Crippen molar-refractivity contribution in [3.8, 4) is 0 Å². The first-order valence-corrected chi connectivity index (χ1v) is 11.2. The highest BCUT2D eigenvalue weighted by atomic mass is 35.5. The molecule has 0 aliphatic carbocycles. The molecule has 0 bridgehead atoms. The lowest BCUT2D eigenvalue weighted by Gasteiger charge is -2.31. The lowest BCUT2D eigenvalue weighted by Crippen LogP contribution is -2.45. The highest BCUT2D eigenvalue weighted by Gasteiger charge is 2.36. The van der Waals surface area contributed by atoms with Gasteiger partial charge < -0.3 is 5.32 Å². The first kappa shape index (κ1) is 24.7. The fourth-order valence-electron chi connectivity index (χ4n) is 2.86. The van der Waals surface area contributed by atoms with Gasteiger partial charge in [-0.1, -0.05) is 46.6 Å². The summed E-state index contributed by atoms with van der Waals surface area (Å²) >= 11 is 18.5. The molecule has 32 heavy (non-hydrogen) atoms. The Hall–Kier alpha value is -1.94. The molecular formula is C20H15Cl3F3N3O2S. The van der Waals surface area contributed by atoms with Crippen molar-refractivity contribution in [3.63, 3.8) is 0 Å². The topological polar surface area (TPSA) is 61.8 Å². The van der Waals surface area contributed by atoms with E-state index in [1.54, 1.807) is 13.0 Å². The number of amides is 2. The Bertz CT molecular complexity index is 1100. The monoisotopic (exact) mass is 523 g/mol. The number of thioether (sulfide) groups is 1. The zero-order chi connectivity index (χ0) is 23.6. The van der Waals surface area contributed by atoms with Gasteiger partial charge in [0.05, 0.1) is 26.3 Å². The van der Waals surface area contributed by atoms with Crippen LogP contribution in [-0.2, 0) is 15.8 Å². The van der Waals surface area contributed by atoms with Crippen LogP contribution in [0.1, 0.15) is 18.9 Å². The minimum Gasteiger partial charge on any atom is -0.325 e. The van der Waals surface area contributed by atoms with Gasteiger partial charge in [-0.3, -0.25) is 14.5 Å². The van der Waals surface area contributed by atoms with Crippen molar-refractivity contribution in [2.24, 2.45) is 4.99 Å². The SMILES string of the molecule is CCN1C(=O)CC(C(=O)Nc2ccc(Cl)c(Cl)c2)SC1=Nc1ccc(Cl)c(C(F)(F)F)c1. The number of carbonyl (C=O) groups is 2. The van der Waals surface area contributed by atoms with E-state index in [0.29, 0.717) is 10.7 Å². The molecule has 1 saturated heterocycles. The predicted molar refractivity (Wildman–Crippen MR) is 122 cm³/mol. The summed E-state index contributed by atoms with van der Waals surface area (Å²) in [5.41, 5.74) is -0.687. The molecule has 170 valence electrons. The Kier molecular flexibility index (Phi) is 7.65. The highest BCUT2D eigenvalue weighted by Crippen LogP contribution is 2.38. The van der Waals surface area contributed by atoms with Crippen LogP contribution in [0.25, 0.3) is 0 Å². The molecule has 0 saturated carbocycles. The molecule has 2 aromatic rings. The summed E-state index contributed by atoms with van der Waals surface area (Å²) in [4.78, 5) is 30.8. The number of benzene rings is 2. The standard InChI is InChI=1S/C20H15Cl3F3N3O2S/c1-2-29-17(30)9-16(18(31)27-11-4-6-14(22)15(23)8-11)32-19(29)28-10-3-5-13(21)12(7-10)20(24,25)26/h3-8,16H,2,9H2,1H3,(H,27,31). The Morgan fingerprint density at radius 1 is 1.16 bits per heavy atom. The van der Waals surface area contributed by atoms with Gasteiger partial charge in [0.1, 0.15) is 5.25 Å². The summed E-state index contributed by atoms with van der Waals surface area (Å²) in [7, 11) is 0. The molecule has 1 N–H and O–H groups in total. The van der Waals surface area contributed by atoms with Crippen molar-refractivity contribution in [2.75, 3.05) is 11.9 Å². The van der Waals surface area contributed by atoms with Gasteiger partial charge >= 0.3 is 6.18 Å². The summed E-state index contributed by atoms with van der Waals surface area (Å²) in [6.45, 7) is 1.94. The van der Waals surface area contributed by atoms with Gasteiger partial charge in [-0.25, -0.2) is 4.99 Å². The predicted octanol–water partition coefficient (Wildman–Crippen LogP) is 6.65. The number of nitrogens with one attached hydrogen (secondary N) is 1. The van der Waals surface area contributed by atoms with Crippen LogP contribution in [0, 0.1) is 0 Å². The van der Waals surface area contributed by atoms with E-state index in [1.807, 2.05) is 0 Å². The molecule has 0 aromatic heterocycles. The first-order chi connectivity index (χ1) is 15.0. The van der Waals surface area contributed by atoms with Crippen molar-refractivity contribution < 1.29 is 22.8 Å². The molecule has 0 spiro atoms. The maximum Gasteiger partial charge on any atom is 0.417 e. The van der Waals surface area contributed by atoms with Crippen LogP contribution in [0.5, 0.6) is 0 Å². The second-order valence-electron chi connectivity index (χ2n) is 6.62. The van der Waals surface area contributed by atoms with Crippen molar-refractivity contribution in [2.45, 2.75) is 24.8 Å². The van der Waals surface area contributed by atoms with Crippen molar-refractivity contribution in [1.29, 1.82) is 0 Å². The van der Waals surface area contributed by atoms with E-state index in [2.05, 4.69) is 10.3 Å². The molecule has 12 heteroatoms. The number of anilines is 1. The van der Waals surface area contributed by atoms with Gasteiger partial charge in [-0.05, 0) is 43.3 Å². The van der Waals surface area contributed by atoms with Crippen LogP contribution < -0.4 is 5.32 Å². The third-order valence-electron chi connectivity index (χ3n) is 4.42. The molecule has 1 aliphatic heterocycles. The summed E-state index contributed by atoms with van der Waals surface area (Å²) < 4.78 is 39.5.